The Kier molecular flexibility index (Phi) is 4.63. The first kappa shape index (κ1) is 16.6. The molecule has 0 aliphatic carbocycles. The van der Waals surface area contributed by atoms with E-state index in [0.29, 0.717) is 5.01 Å². The predicted molar refractivity (Wildman–Crippen MR) is 88.9 cm³/mol. The van der Waals surface area contributed by atoms with Crippen LogP contribution in [0.25, 0.3) is 0 Å². The number of rotatable bonds is 5. The SMILES string of the molecule is CN1C(=O)C[C@@H](C(=O)NCc2nc(C(=O)O)cs2)[C@H]1c1cccs1. The van der Waals surface area contributed by atoms with E-state index >= 15 is 0 Å². The molecule has 1 fully saturated rings. The number of nitrogens with one attached hydrogen (secondary N) is 1. The van der Waals surface area contributed by atoms with Crippen LogP contribution in [0.3, 0.4) is 0 Å². The lowest BCUT2D eigenvalue weighted by molar-refractivity contribution is -0.128. The molecule has 0 unspecified atom stereocenters. The molecular weight excluding hydrogens is 350 g/mol. The maximum atomic E-state index is 12.5. The largest absolute Gasteiger partial charge is 0.476 e. The van der Waals surface area contributed by atoms with Gasteiger partial charge in [0, 0.05) is 23.7 Å². The molecule has 2 N–H and O–H groups in total. The van der Waals surface area contributed by atoms with Gasteiger partial charge in [-0.2, -0.15) is 0 Å². The van der Waals surface area contributed by atoms with Crippen LogP contribution in [0.1, 0.15) is 32.8 Å². The third-order valence-electron chi connectivity index (χ3n) is 3.94. The van der Waals surface area contributed by atoms with Gasteiger partial charge in [0.2, 0.25) is 11.8 Å². The Morgan fingerprint density at radius 2 is 2.25 bits per heavy atom. The Bertz CT molecular complexity index is 772. The molecule has 24 heavy (non-hydrogen) atoms. The van der Waals surface area contributed by atoms with Crippen molar-refractivity contribution in [2.75, 3.05) is 7.05 Å². The molecule has 7 nitrogen and oxygen atoms in total. The molecule has 0 saturated carbocycles. The normalized spacial score (nSPS) is 20.4. The highest BCUT2D eigenvalue weighted by atomic mass is 32.1. The topological polar surface area (TPSA) is 99.6 Å². The van der Waals surface area contributed by atoms with Gasteiger partial charge in [-0.3, -0.25) is 9.59 Å². The van der Waals surface area contributed by atoms with Crippen LogP contribution < -0.4 is 5.32 Å². The van der Waals surface area contributed by atoms with Crippen molar-refractivity contribution in [2.24, 2.45) is 5.92 Å². The van der Waals surface area contributed by atoms with E-state index in [4.69, 9.17) is 5.11 Å². The Morgan fingerprint density at radius 1 is 1.46 bits per heavy atom. The van der Waals surface area contributed by atoms with Gasteiger partial charge < -0.3 is 15.3 Å². The van der Waals surface area contributed by atoms with Crippen LogP contribution in [0.15, 0.2) is 22.9 Å². The predicted octanol–water partition coefficient (Wildman–Crippen LogP) is 1.74. The zero-order valence-electron chi connectivity index (χ0n) is 12.8. The summed E-state index contributed by atoms with van der Waals surface area (Å²) in [5.74, 6) is -1.83. The summed E-state index contributed by atoms with van der Waals surface area (Å²) in [7, 11) is 1.71. The minimum absolute atomic E-state index is 0.0310. The second-order valence-electron chi connectivity index (χ2n) is 5.42. The lowest BCUT2D eigenvalue weighted by atomic mass is 9.98. The Balaban J connectivity index is 1.69. The van der Waals surface area contributed by atoms with Crippen LogP contribution in [0.5, 0.6) is 0 Å². The van der Waals surface area contributed by atoms with Crippen molar-refractivity contribution in [3.8, 4) is 0 Å². The first-order chi connectivity index (χ1) is 11.5. The summed E-state index contributed by atoms with van der Waals surface area (Å²) in [6.07, 6.45) is 0.170. The number of hydrogen-bond acceptors (Lipinski definition) is 6. The second kappa shape index (κ2) is 6.70. The highest BCUT2D eigenvalue weighted by Crippen LogP contribution is 2.39. The van der Waals surface area contributed by atoms with Crippen LogP contribution >= 0.6 is 22.7 Å². The molecule has 1 saturated heterocycles. The molecule has 2 amide bonds. The van der Waals surface area contributed by atoms with E-state index in [0.717, 1.165) is 4.88 Å². The van der Waals surface area contributed by atoms with Crippen LogP contribution in [-0.4, -0.2) is 39.8 Å². The van der Waals surface area contributed by atoms with E-state index in [1.54, 1.807) is 11.9 Å². The van der Waals surface area contributed by atoms with Crippen molar-refractivity contribution in [3.63, 3.8) is 0 Å². The van der Waals surface area contributed by atoms with Gasteiger partial charge in [0.05, 0.1) is 18.5 Å². The van der Waals surface area contributed by atoms with Crippen molar-refractivity contribution >= 4 is 40.5 Å². The average Bonchev–Trinajstić information content (AvgIpc) is 3.26. The molecule has 1 aliphatic heterocycles. The Morgan fingerprint density at radius 3 is 2.88 bits per heavy atom. The molecule has 3 rings (SSSR count). The molecule has 2 atom stereocenters. The first-order valence-electron chi connectivity index (χ1n) is 7.22. The van der Waals surface area contributed by atoms with Crippen LogP contribution in [0.4, 0.5) is 0 Å². The number of carbonyl (C=O) groups is 3. The summed E-state index contributed by atoms with van der Waals surface area (Å²) >= 11 is 2.70. The number of likely N-dealkylation sites (tertiary alicyclic amines) is 1. The second-order valence-corrected chi connectivity index (χ2v) is 7.35. The summed E-state index contributed by atoms with van der Waals surface area (Å²) < 4.78 is 0. The molecule has 1 aliphatic rings. The maximum Gasteiger partial charge on any atom is 0.355 e. The molecular formula is C15H15N3O4S2. The molecule has 2 aromatic heterocycles. The van der Waals surface area contributed by atoms with Gasteiger partial charge in [0.1, 0.15) is 5.01 Å². The number of thiazole rings is 1. The molecule has 0 bridgehead atoms. The first-order valence-corrected chi connectivity index (χ1v) is 8.97. The number of nitrogens with zero attached hydrogens (tertiary/aromatic N) is 2. The van der Waals surface area contributed by atoms with Gasteiger partial charge >= 0.3 is 5.97 Å². The summed E-state index contributed by atoms with van der Waals surface area (Å²) in [6.45, 7) is 0.155. The summed E-state index contributed by atoms with van der Waals surface area (Å²) in [6, 6.07) is 3.56. The van der Waals surface area contributed by atoms with Crippen molar-refractivity contribution in [1.29, 1.82) is 0 Å². The number of aromatic nitrogens is 1. The maximum absolute atomic E-state index is 12.5. The molecule has 126 valence electrons. The molecule has 9 heteroatoms. The van der Waals surface area contributed by atoms with Crippen molar-refractivity contribution in [3.05, 3.63) is 38.5 Å². The highest BCUT2D eigenvalue weighted by molar-refractivity contribution is 7.10. The number of hydrogen-bond donors (Lipinski definition) is 2. The van der Waals surface area contributed by atoms with E-state index in [2.05, 4.69) is 10.3 Å². The smallest absolute Gasteiger partial charge is 0.355 e. The lowest BCUT2D eigenvalue weighted by Gasteiger charge is -2.23. The van der Waals surface area contributed by atoms with Gasteiger partial charge in [-0.25, -0.2) is 9.78 Å². The number of aromatic carboxylic acids is 1. The van der Waals surface area contributed by atoms with Crippen molar-refractivity contribution in [1.82, 2.24) is 15.2 Å². The van der Waals surface area contributed by atoms with E-state index in [-0.39, 0.29) is 36.5 Å². The summed E-state index contributed by atoms with van der Waals surface area (Å²) in [4.78, 5) is 41.9. The van der Waals surface area contributed by atoms with Crippen molar-refractivity contribution in [2.45, 2.75) is 19.0 Å². The molecule has 0 spiro atoms. The third kappa shape index (κ3) is 3.17. The van der Waals surface area contributed by atoms with E-state index in [1.165, 1.54) is 28.1 Å². The van der Waals surface area contributed by atoms with E-state index in [1.807, 2.05) is 17.5 Å². The fourth-order valence-electron chi connectivity index (χ4n) is 2.74. The van der Waals surface area contributed by atoms with Gasteiger partial charge in [-0.1, -0.05) is 6.07 Å². The molecule has 0 aromatic carbocycles. The minimum Gasteiger partial charge on any atom is -0.476 e. The van der Waals surface area contributed by atoms with Crippen LogP contribution in [0, 0.1) is 5.92 Å². The van der Waals surface area contributed by atoms with Gasteiger partial charge in [-0.15, -0.1) is 22.7 Å². The monoisotopic (exact) mass is 365 g/mol. The fraction of sp³-hybridized carbons (Fsp3) is 0.333. The zero-order valence-corrected chi connectivity index (χ0v) is 14.4. The minimum atomic E-state index is -1.09. The average molecular weight is 365 g/mol. The lowest BCUT2D eigenvalue weighted by Crippen LogP contribution is -2.33. The number of thiophene rings is 1. The molecule has 2 aromatic rings. The Labute approximate surface area is 145 Å². The third-order valence-corrected chi connectivity index (χ3v) is 5.73. The quantitative estimate of drug-likeness (QED) is 0.841. The number of amides is 2. The summed E-state index contributed by atoms with van der Waals surface area (Å²) in [5.41, 5.74) is -0.0310. The fourth-order valence-corrected chi connectivity index (χ4v) is 4.38. The van der Waals surface area contributed by atoms with Crippen molar-refractivity contribution < 1.29 is 19.5 Å². The van der Waals surface area contributed by atoms with Crippen LogP contribution in [0.2, 0.25) is 0 Å². The summed E-state index contributed by atoms with van der Waals surface area (Å²) in [5, 5.41) is 15.5. The highest BCUT2D eigenvalue weighted by Gasteiger charge is 2.43. The zero-order chi connectivity index (χ0) is 17.3. The van der Waals surface area contributed by atoms with E-state index < -0.39 is 11.9 Å². The molecule has 3 heterocycles. The Hall–Kier alpha value is -2.26. The standard InChI is InChI=1S/C15H15N3O4S2/c1-18-12(19)5-8(13(18)10-3-2-4-23-10)14(20)16-6-11-17-9(7-24-11)15(21)22/h2-4,7-8,13H,5-6H2,1H3,(H,16,20)(H,21,22)/t8-,13+/m1/s1. The number of carbonyl (C=O) groups excluding carboxylic acids is 2. The number of carboxylic acids is 1. The van der Waals surface area contributed by atoms with Gasteiger partial charge in [0.15, 0.2) is 5.69 Å². The van der Waals surface area contributed by atoms with E-state index in [9.17, 15) is 14.4 Å². The molecule has 0 radical (unpaired) electrons. The van der Waals surface area contributed by atoms with Gasteiger partial charge in [-0.05, 0) is 11.4 Å². The van der Waals surface area contributed by atoms with Crippen LogP contribution in [-0.2, 0) is 16.1 Å². The van der Waals surface area contributed by atoms with Gasteiger partial charge in [0.25, 0.3) is 0 Å². The number of carboxylic acid groups (broad SMARTS) is 1.